The van der Waals surface area contributed by atoms with Crippen LogP contribution in [-0.2, 0) is 7.05 Å². The molecule has 1 aromatic heterocycles. The lowest BCUT2D eigenvalue weighted by Gasteiger charge is -2.18. The molecule has 0 bridgehead atoms. The van der Waals surface area contributed by atoms with Crippen LogP contribution < -0.4 is 9.47 Å². The minimum Gasteiger partial charge on any atom is -0.486 e. The molecule has 6 nitrogen and oxygen atoms in total. The fraction of sp³-hybridized carbons (Fsp3) is 0.231. The van der Waals surface area contributed by atoms with E-state index >= 15 is 0 Å². The van der Waals surface area contributed by atoms with Crippen LogP contribution in [0.5, 0.6) is 11.5 Å². The van der Waals surface area contributed by atoms with Crippen LogP contribution in [0.15, 0.2) is 24.4 Å². The van der Waals surface area contributed by atoms with E-state index in [-0.39, 0.29) is 5.82 Å². The van der Waals surface area contributed by atoms with Gasteiger partial charge in [0.15, 0.2) is 11.5 Å². The topological polar surface area (TPSA) is 73.6 Å². The molecular weight excluding hydrogens is 248 g/mol. The molecule has 0 radical (unpaired) electrons. The summed E-state index contributed by atoms with van der Waals surface area (Å²) in [4.78, 5) is 15.1. The smallest absolute Gasteiger partial charge is 0.372 e. The first-order valence-electron chi connectivity index (χ1n) is 5.82. The van der Waals surface area contributed by atoms with Crippen LogP contribution in [-0.4, -0.2) is 33.8 Å². The van der Waals surface area contributed by atoms with Crippen molar-refractivity contribution in [2.75, 3.05) is 13.2 Å². The number of hydrogen-bond acceptors (Lipinski definition) is 4. The lowest BCUT2D eigenvalue weighted by atomic mass is 10.1. The lowest BCUT2D eigenvalue weighted by molar-refractivity contribution is 0.0680. The first-order chi connectivity index (χ1) is 9.15. The van der Waals surface area contributed by atoms with Crippen molar-refractivity contribution in [3.63, 3.8) is 0 Å². The molecular formula is C13H12N2O4. The third-order valence-electron chi connectivity index (χ3n) is 2.91. The van der Waals surface area contributed by atoms with E-state index in [9.17, 15) is 4.79 Å². The van der Waals surface area contributed by atoms with Gasteiger partial charge < -0.3 is 19.1 Å². The van der Waals surface area contributed by atoms with Gasteiger partial charge in [0.1, 0.15) is 13.2 Å². The highest BCUT2D eigenvalue weighted by Gasteiger charge is 2.16. The molecule has 0 unspecified atom stereocenters. The van der Waals surface area contributed by atoms with Gasteiger partial charge in [-0.3, -0.25) is 0 Å². The molecule has 0 fully saturated rings. The number of aromatic carboxylic acids is 1. The Morgan fingerprint density at radius 2 is 2.05 bits per heavy atom. The third-order valence-corrected chi connectivity index (χ3v) is 2.91. The molecule has 0 atom stereocenters. The summed E-state index contributed by atoms with van der Waals surface area (Å²) < 4.78 is 12.4. The van der Waals surface area contributed by atoms with Gasteiger partial charge in [-0.15, -0.1) is 0 Å². The fourth-order valence-electron chi connectivity index (χ4n) is 2.01. The molecule has 1 aliphatic heterocycles. The van der Waals surface area contributed by atoms with Crippen molar-refractivity contribution in [2.45, 2.75) is 0 Å². The van der Waals surface area contributed by atoms with Crippen molar-refractivity contribution in [2.24, 2.45) is 7.05 Å². The number of aromatic nitrogens is 2. The van der Waals surface area contributed by atoms with Gasteiger partial charge in [0.05, 0.1) is 5.69 Å². The quantitative estimate of drug-likeness (QED) is 0.887. The average molecular weight is 260 g/mol. The summed E-state index contributed by atoms with van der Waals surface area (Å²) >= 11 is 0. The second-order valence-corrected chi connectivity index (χ2v) is 4.22. The molecule has 0 saturated heterocycles. The Kier molecular flexibility index (Phi) is 2.63. The molecule has 3 rings (SSSR count). The van der Waals surface area contributed by atoms with Gasteiger partial charge in [0.2, 0.25) is 5.82 Å². The SMILES string of the molecule is Cn1cc(-c2ccc3c(c2)OCCO3)nc1C(=O)O. The van der Waals surface area contributed by atoms with Gasteiger partial charge in [0.25, 0.3) is 0 Å². The zero-order valence-electron chi connectivity index (χ0n) is 10.3. The number of imidazole rings is 1. The molecule has 0 saturated carbocycles. The first-order valence-corrected chi connectivity index (χ1v) is 5.82. The first kappa shape index (κ1) is 11.6. The van der Waals surface area contributed by atoms with Crippen molar-refractivity contribution >= 4 is 5.97 Å². The van der Waals surface area contributed by atoms with Gasteiger partial charge in [0, 0.05) is 18.8 Å². The number of carbonyl (C=O) groups is 1. The summed E-state index contributed by atoms with van der Waals surface area (Å²) in [6.07, 6.45) is 1.68. The summed E-state index contributed by atoms with van der Waals surface area (Å²) in [5.41, 5.74) is 1.39. The monoisotopic (exact) mass is 260 g/mol. The zero-order valence-corrected chi connectivity index (χ0v) is 10.3. The normalized spacial score (nSPS) is 13.3. The Bertz CT molecular complexity index is 648. The van der Waals surface area contributed by atoms with Crippen molar-refractivity contribution in [3.8, 4) is 22.8 Å². The van der Waals surface area contributed by atoms with E-state index in [2.05, 4.69) is 4.98 Å². The Balaban J connectivity index is 2.02. The Morgan fingerprint density at radius 1 is 1.32 bits per heavy atom. The van der Waals surface area contributed by atoms with E-state index in [1.165, 1.54) is 4.57 Å². The Labute approximate surface area is 109 Å². The highest BCUT2D eigenvalue weighted by molar-refractivity contribution is 5.84. The van der Waals surface area contributed by atoms with E-state index in [1.54, 1.807) is 19.3 Å². The van der Waals surface area contributed by atoms with E-state index in [1.807, 2.05) is 12.1 Å². The number of ether oxygens (including phenoxy) is 2. The Hall–Kier alpha value is -2.50. The molecule has 0 aliphatic carbocycles. The van der Waals surface area contributed by atoms with Crippen molar-refractivity contribution in [1.29, 1.82) is 0 Å². The predicted molar refractivity (Wildman–Crippen MR) is 66.6 cm³/mol. The second-order valence-electron chi connectivity index (χ2n) is 4.22. The summed E-state index contributed by atoms with van der Waals surface area (Å²) in [6, 6.07) is 5.45. The van der Waals surface area contributed by atoms with Crippen molar-refractivity contribution < 1.29 is 19.4 Å². The highest BCUT2D eigenvalue weighted by atomic mass is 16.6. The molecule has 19 heavy (non-hydrogen) atoms. The summed E-state index contributed by atoms with van der Waals surface area (Å²) in [7, 11) is 1.65. The van der Waals surface area contributed by atoms with E-state index in [4.69, 9.17) is 14.6 Å². The van der Waals surface area contributed by atoms with Crippen LogP contribution in [0.1, 0.15) is 10.6 Å². The molecule has 0 amide bonds. The average Bonchev–Trinajstić information content (AvgIpc) is 2.80. The minimum absolute atomic E-state index is 0.00453. The minimum atomic E-state index is -1.05. The van der Waals surface area contributed by atoms with Crippen LogP contribution in [0, 0.1) is 0 Å². The summed E-state index contributed by atoms with van der Waals surface area (Å²) in [5.74, 6) is 0.312. The number of fused-ring (bicyclic) bond motifs is 1. The van der Waals surface area contributed by atoms with Crippen molar-refractivity contribution in [3.05, 3.63) is 30.2 Å². The number of nitrogens with zero attached hydrogens (tertiary/aromatic N) is 2. The van der Waals surface area contributed by atoms with Crippen molar-refractivity contribution in [1.82, 2.24) is 9.55 Å². The maximum atomic E-state index is 11.0. The summed E-state index contributed by atoms with van der Waals surface area (Å²) in [6.45, 7) is 1.05. The van der Waals surface area contributed by atoms with E-state index < -0.39 is 5.97 Å². The van der Waals surface area contributed by atoms with Crippen LogP contribution in [0.3, 0.4) is 0 Å². The molecule has 2 aromatic rings. The van der Waals surface area contributed by atoms with Crippen LogP contribution in [0.4, 0.5) is 0 Å². The maximum absolute atomic E-state index is 11.0. The molecule has 6 heteroatoms. The second kappa shape index (κ2) is 4.31. The van der Waals surface area contributed by atoms with E-state index in [0.29, 0.717) is 30.4 Å². The van der Waals surface area contributed by atoms with Gasteiger partial charge in [-0.1, -0.05) is 0 Å². The lowest BCUT2D eigenvalue weighted by Crippen LogP contribution is -2.15. The zero-order chi connectivity index (χ0) is 13.4. The van der Waals surface area contributed by atoms with Crippen LogP contribution in [0.25, 0.3) is 11.3 Å². The van der Waals surface area contributed by atoms with Gasteiger partial charge in [-0.05, 0) is 18.2 Å². The van der Waals surface area contributed by atoms with Gasteiger partial charge in [-0.2, -0.15) is 0 Å². The number of carboxylic acid groups (broad SMARTS) is 1. The number of hydrogen-bond donors (Lipinski definition) is 1. The van der Waals surface area contributed by atoms with Gasteiger partial charge >= 0.3 is 5.97 Å². The largest absolute Gasteiger partial charge is 0.486 e. The molecule has 1 aliphatic rings. The molecule has 0 spiro atoms. The third kappa shape index (κ3) is 2.01. The van der Waals surface area contributed by atoms with Crippen LogP contribution >= 0.6 is 0 Å². The standard InChI is InChI=1S/C13H12N2O4/c1-15-7-9(14-12(15)13(16)17)8-2-3-10-11(6-8)19-5-4-18-10/h2-3,6-7H,4-5H2,1H3,(H,16,17). The maximum Gasteiger partial charge on any atom is 0.372 e. The number of rotatable bonds is 2. The van der Waals surface area contributed by atoms with Crippen LogP contribution in [0.2, 0.25) is 0 Å². The molecule has 1 N–H and O–H groups in total. The number of carboxylic acids is 1. The summed E-state index contributed by atoms with van der Waals surface area (Å²) in [5, 5.41) is 8.99. The number of aryl methyl sites for hydroxylation is 1. The predicted octanol–water partition coefficient (Wildman–Crippen LogP) is 1.56. The van der Waals surface area contributed by atoms with Gasteiger partial charge in [-0.25, -0.2) is 9.78 Å². The Morgan fingerprint density at radius 3 is 2.74 bits per heavy atom. The number of benzene rings is 1. The fourth-order valence-corrected chi connectivity index (χ4v) is 2.01. The van der Waals surface area contributed by atoms with E-state index in [0.717, 1.165) is 5.56 Å². The molecule has 1 aromatic carbocycles. The highest BCUT2D eigenvalue weighted by Crippen LogP contribution is 2.34. The molecule has 98 valence electrons. The molecule has 2 heterocycles.